The van der Waals surface area contributed by atoms with Gasteiger partial charge in [0.25, 0.3) is 0 Å². The summed E-state index contributed by atoms with van der Waals surface area (Å²) in [7, 11) is 0. The lowest BCUT2D eigenvalue weighted by Crippen LogP contribution is -2.23. The van der Waals surface area contributed by atoms with E-state index in [2.05, 4.69) is 60.4 Å². The second-order valence-corrected chi connectivity index (χ2v) is 6.41. The molecular formula is C23H21NO. The summed E-state index contributed by atoms with van der Waals surface area (Å²) in [6, 6.07) is 16.3. The van der Waals surface area contributed by atoms with Crippen molar-refractivity contribution in [3.8, 4) is 0 Å². The van der Waals surface area contributed by atoms with E-state index in [0.717, 1.165) is 36.2 Å². The molecule has 4 rings (SSSR count). The molecule has 0 N–H and O–H groups in total. The second-order valence-electron chi connectivity index (χ2n) is 6.41. The minimum Gasteiger partial charge on any atom is -0.341 e. The van der Waals surface area contributed by atoms with Crippen LogP contribution in [0.1, 0.15) is 34.8 Å². The first kappa shape index (κ1) is 15.6. The molecule has 2 aliphatic rings. The number of likely N-dealkylation sites (N-methyl/N-ethyl adjacent to an activating group) is 1. The first-order chi connectivity index (χ1) is 12.3. The average Bonchev–Trinajstić information content (AvgIpc) is 2.67. The van der Waals surface area contributed by atoms with Gasteiger partial charge in [-0.15, -0.1) is 0 Å². The van der Waals surface area contributed by atoms with Gasteiger partial charge in [-0.05, 0) is 49.1 Å². The zero-order chi connectivity index (χ0) is 17.2. The predicted octanol–water partition coefficient (Wildman–Crippen LogP) is 5.18. The predicted molar refractivity (Wildman–Crippen MR) is 104 cm³/mol. The molecule has 0 bridgehead atoms. The SMILES string of the molecule is CCN1/C(=C/C=C2/CCc3ccccc3C2=O)C=Cc2ccccc21. The normalized spacial score (nSPS) is 19.2. The van der Waals surface area contributed by atoms with Crippen molar-refractivity contribution in [3.63, 3.8) is 0 Å². The smallest absolute Gasteiger partial charge is 0.189 e. The van der Waals surface area contributed by atoms with Gasteiger partial charge in [-0.2, -0.15) is 0 Å². The third-order valence-corrected chi connectivity index (χ3v) is 4.96. The third-order valence-electron chi connectivity index (χ3n) is 4.96. The largest absolute Gasteiger partial charge is 0.341 e. The summed E-state index contributed by atoms with van der Waals surface area (Å²) < 4.78 is 0. The monoisotopic (exact) mass is 327 g/mol. The Morgan fingerprint density at radius 3 is 2.64 bits per heavy atom. The van der Waals surface area contributed by atoms with E-state index in [4.69, 9.17) is 0 Å². The van der Waals surface area contributed by atoms with Crippen LogP contribution in [0.4, 0.5) is 5.69 Å². The van der Waals surface area contributed by atoms with Gasteiger partial charge in [0.1, 0.15) is 0 Å². The van der Waals surface area contributed by atoms with Crippen molar-refractivity contribution in [1.82, 2.24) is 0 Å². The quantitative estimate of drug-likeness (QED) is 0.708. The van der Waals surface area contributed by atoms with Crippen LogP contribution in [-0.4, -0.2) is 12.3 Å². The lowest BCUT2D eigenvalue weighted by Gasteiger charge is -2.29. The van der Waals surface area contributed by atoms with E-state index in [9.17, 15) is 4.79 Å². The van der Waals surface area contributed by atoms with Gasteiger partial charge in [-0.25, -0.2) is 0 Å². The third kappa shape index (κ3) is 2.85. The van der Waals surface area contributed by atoms with Crippen LogP contribution in [0.3, 0.4) is 0 Å². The van der Waals surface area contributed by atoms with Gasteiger partial charge >= 0.3 is 0 Å². The maximum absolute atomic E-state index is 12.7. The maximum Gasteiger partial charge on any atom is 0.189 e. The molecule has 0 spiro atoms. The van der Waals surface area contributed by atoms with Crippen LogP contribution < -0.4 is 4.90 Å². The molecule has 0 saturated carbocycles. The highest BCUT2D eigenvalue weighted by Gasteiger charge is 2.21. The Morgan fingerprint density at radius 2 is 1.76 bits per heavy atom. The Hall–Kier alpha value is -2.87. The van der Waals surface area contributed by atoms with E-state index < -0.39 is 0 Å². The van der Waals surface area contributed by atoms with Gasteiger partial charge in [-0.3, -0.25) is 4.79 Å². The number of rotatable bonds is 2. The number of hydrogen-bond acceptors (Lipinski definition) is 2. The summed E-state index contributed by atoms with van der Waals surface area (Å²) in [6.45, 7) is 3.05. The number of carbonyl (C=O) groups excluding carboxylic acids is 1. The first-order valence-electron chi connectivity index (χ1n) is 8.86. The minimum atomic E-state index is 0.168. The van der Waals surface area contributed by atoms with E-state index in [1.807, 2.05) is 24.3 Å². The van der Waals surface area contributed by atoms with Crippen molar-refractivity contribution < 1.29 is 4.79 Å². The van der Waals surface area contributed by atoms with Crippen LogP contribution in [0, 0.1) is 0 Å². The highest BCUT2D eigenvalue weighted by atomic mass is 16.1. The molecule has 0 saturated heterocycles. The number of benzene rings is 2. The maximum atomic E-state index is 12.7. The number of carbonyl (C=O) groups is 1. The molecule has 0 radical (unpaired) electrons. The minimum absolute atomic E-state index is 0.168. The van der Waals surface area contributed by atoms with E-state index in [-0.39, 0.29) is 5.78 Å². The number of fused-ring (bicyclic) bond motifs is 2. The molecule has 1 aliphatic carbocycles. The molecule has 0 amide bonds. The van der Waals surface area contributed by atoms with Crippen molar-refractivity contribution in [1.29, 1.82) is 0 Å². The zero-order valence-electron chi connectivity index (χ0n) is 14.4. The molecule has 2 aromatic rings. The molecule has 124 valence electrons. The number of allylic oxidation sites excluding steroid dienone is 4. The summed E-state index contributed by atoms with van der Waals surface area (Å²) >= 11 is 0. The fourth-order valence-corrected chi connectivity index (χ4v) is 3.64. The van der Waals surface area contributed by atoms with Crippen LogP contribution in [0.25, 0.3) is 6.08 Å². The second kappa shape index (κ2) is 6.56. The number of para-hydroxylation sites is 1. The van der Waals surface area contributed by atoms with Crippen molar-refractivity contribution in [2.24, 2.45) is 0 Å². The number of nitrogens with zero attached hydrogens (tertiary/aromatic N) is 1. The molecule has 2 heteroatoms. The van der Waals surface area contributed by atoms with Gasteiger partial charge in [0.2, 0.25) is 0 Å². The van der Waals surface area contributed by atoms with Crippen LogP contribution in [-0.2, 0) is 6.42 Å². The molecule has 0 unspecified atom stereocenters. The van der Waals surface area contributed by atoms with Gasteiger partial charge < -0.3 is 4.90 Å². The summed E-state index contributed by atoms with van der Waals surface area (Å²) in [5.74, 6) is 0.168. The Balaban J connectivity index is 1.66. The van der Waals surface area contributed by atoms with E-state index in [0.29, 0.717) is 0 Å². The summed E-state index contributed by atoms with van der Waals surface area (Å²) in [5, 5.41) is 0. The number of anilines is 1. The van der Waals surface area contributed by atoms with Crippen LogP contribution in [0.2, 0.25) is 0 Å². The number of aryl methyl sites for hydroxylation is 1. The van der Waals surface area contributed by atoms with E-state index in [1.165, 1.54) is 16.8 Å². The van der Waals surface area contributed by atoms with Crippen LogP contribution in [0.15, 0.2) is 78.0 Å². The molecule has 0 atom stereocenters. The summed E-state index contributed by atoms with van der Waals surface area (Å²) in [6.07, 6.45) is 10.1. The van der Waals surface area contributed by atoms with Gasteiger partial charge in [0.15, 0.2) is 5.78 Å². The van der Waals surface area contributed by atoms with Gasteiger partial charge in [-0.1, -0.05) is 54.6 Å². The average molecular weight is 327 g/mol. The molecular weight excluding hydrogens is 306 g/mol. The number of hydrogen-bond donors (Lipinski definition) is 0. The Kier molecular flexibility index (Phi) is 4.10. The van der Waals surface area contributed by atoms with Crippen molar-refractivity contribution in [3.05, 3.63) is 94.7 Å². The van der Waals surface area contributed by atoms with E-state index in [1.54, 1.807) is 0 Å². The van der Waals surface area contributed by atoms with Crippen molar-refractivity contribution >= 4 is 17.5 Å². The van der Waals surface area contributed by atoms with Crippen molar-refractivity contribution in [2.45, 2.75) is 19.8 Å². The molecule has 0 aromatic heterocycles. The lowest BCUT2D eigenvalue weighted by molar-refractivity contribution is 0.102. The molecule has 25 heavy (non-hydrogen) atoms. The standard InChI is InChI=1S/C23H21NO/c1-2-24-20(15-13-18-8-4-6-10-22(18)24)16-14-19-12-11-17-7-3-5-9-21(17)23(19)25/h3-10,13-16H,2,11-12H2,1H3/b19-14-,20-16+. The lowest BCUT2D eigenvalue weighted by atomic mass is 9.86. The Labute approximate surface area is 148 Å². The van der Waals surface area contributed by atoms with Gasteiger partial charge in [0, 0.05) is 29.1 Å². The molecule has 2 aromatic carbocycles. The fraction of sp³-hybridized carbons (Fsp3) is 0.174. The van der Waals surface area contributed by atoms with Gasteiger partial charge in [0.05, 0.1) is 0 Å². The Morgan fingerprint density at radius 1 is 0.960 bits per heavy atom. The highest BCUT2D eigenvalue weighted by molar-refractivity contribution is 6.10. The number of ketones is 1. The topological polar surface area (TPSA) is 20.3 Å². The fourth-order valence-electron chi connectivity index (χ4n) is 3.64. The molecule has 2 nitrogen and oxygen atoms in total. The van der Waals surface area contributed by atoms with Crippen molar-refractivity contribution in [2.75, 3.05) is 11.4 Å². The zero-order valence-corrected chi connectivity index (χ0v) is 14.4. The summed E-state index contributed by atoms with van der Waals surface area (Å²) in [4.78, 5) is 15.0. The first-order valence-corrected chi connectivity index (χ1v) is 8.86. The highest BCUT2D eigenvalue weighted by Crippen LogP contribution is 2.31. The van der Waals surface area contributed by atoms with E-state index >= 15 is 0 Å². The summed E-state index contributed by atoms with van der Waals surface area (Å²) in [5.41, 5.74) is 6.50. The molecule has 1 aliphatic heterocycles. The van der Waals surface area contributed by atoms with Crippen LogP contribution >= 0.6 is 0 Å². The van der Waals surface area contributed by atoms with Crippen LogP contribution in [0.5, 0.6) is 0 Å². The molecule has 1 heterocycles. The Bertz CT molecular complexity index is 917. The molecule has 0 fully saturated rings. The number of Topliss-reactive ketones (excluding diaryl/α,β-unsaturated/α-hetero) is 1.